The lowest BCUT2D eigenvalue weighted by Gasteiger charge is -2.10. The minimum atomic E-state index is -0.176. The van der Waals surface area contributed by atoms with Crippen LogP contribution >= 0.6 is 15.9 Å². The summed E-state index contributed by atoms with van der Waals surface area (Å²) in [6, 6.07) is 12.4. The van der Waals surface area contributed by atoms with Crippen molar-refractivity contribution in [3.63, 3.8) is 0 Å². The number of amides is 1. The molecule has 0 heterocycles. The van der Waals surface area contributed by atoms with E-state index in [1.54, 1.807) is 44.6 Å². The second-order valence-electron chi connectivity index (χ2n) is 4.03. The second-order valence-corrected chi connectivity index (χ2v) is 4.95. The molecular formula is C15H14BrNO3. The fourth-order valence-corrected chi connectivity index (χ4v) is 1.98. The van der Waals surface area contributed by atoms with Crippen LogP contribution in [0.1, 0.15) is 10.4 Å². The van der Waals surface area contributed by atoms with E-state index < -0.39 is 0 Å². The molecule has 2 aromatic rings. The number of hydrogen-bond acceptors (Lipinski definition) is 3. The van der Waals surface area contributed by atoms with Gasteiger partial charge in [-0.1, -0.05) is 15.9 Å². The molecule has 104 valence electrons. The van der Waals surface area contributed by atoms with Gasteiger partial charge in [0.2, 0.25) is 0 Å². The molecule has 0 aromatic heterocycles. The summed E-state index contributed by atoms with van der Waals surface area (Å²) in [5.74, 6) is 1.01. The van der Waals surface area contributed by atoms with E-state index in [1.165, 1.54) is 0 Å². The van der Waals surface area contributed by atoms with Crippen LogP contribution in [0.25, 0.3) is 0 Å². The Bertz CT molecular complexity index is 611. The largest absolute Gasteiger partial charge is 0.493 e. The van der Waals surface area contributed by atoms with Crippen LogP contribution in [0.3, 0.4) is 0 Å². The Morgan fingerprint density at radius 3 is 2.25 bits per heavy atom. The monoisotopic (exact) mass is 335 g/mol. The molecule has 0 aliphatic rings. The quantitative estimate of drug-likeness (QED) is 0.926. The molecule has 0 aliphatic heterocycles. The molecule has 5 heteroatoms. The zero-order valence-corrected chi connectivity index (χ0v) is 12.7. The van der Waals surface area contributed by atoms with Gasteiger partial charge in [0.25, 0.3) is 5.91 Å². The summed E-state index contributed by atoms with van der Waals surface area (Å²) in [6.45, 7) is 0. The van der Waals surface area contributed by atoms with Gasteiger partial charge >= 0.3 is 0 Å². The first kappa shape index (κ1) is 14.4. The molecular weight excluding hydrogens is 322 g/mol. The van der Waals surface area contributed by atoms with Crippen molar-refractivity contribution in [3.8, 4) is 11.5 Å². The van der Waals surface area contributed by atoms with E-state index in [4.69, 9.17) is 9.47 Å². The van der Waals surface area contributed by atoms with E-state index >= 15 is 0 Å². The average molecular weight is 336 g/mol. The van der Waals surface area contributed by atoms with Crippen LogP contribution in [0.5, 0.6) is 11.5 Å². The summed E-state index contributed by atoms with van der Waals surface area (Å²) in [7, 11) is 3.12. The molecule has 0 atom stereocenters. The van der Waals surface area contributed by atoms with Gasteiger partial charge in [0.15, 0.2) is 11.5 Å². The maximum atomic E-state index is 12.1. The third kappa shape index (κ3) is 3.30. The molecule has 2 aromatic carbocycles. The van der Waals surface area contributed by atoms with Crippen molar-refractivity contribution in [2.24, 2.45) is 0 Å². The number of rotatable bonds is 4. The number of halogens is 1. The molecule has 0 unspecified atom stereocenters. The predicted molar refractivity (Wildman–Crippen MR) is 81.6 cm³/mol. The molecule has 0 bridgehead atoms. The Balaban J connectivity index is 2.17. The fourth-order valence-electron chi connectivity index (χ4n) is 1.72. The van der Waals surface area contributed by atoms with Crippen LogP contribution in [0.15, 0.2) is 46.9 Å². The molecule has 2 rings (SSSR count). The van der Waals surface area contributed by atoms with Gasteiger partial charge in [-0.05, 0) is 36.4 Å². The van der Waals surface area contributed by atoms with Crippen molar-refractivity contribution in [1.29, 1.82) is 0 Å². The molecule has 0 aliphatic carbocycles. The maximum absolute atomic E-state index is 12.1. The van der Waals surface area contributed by atoms with E-state index in [2.05, 4.69) is 21.2 Å². The number of carbonyl (C=O) groups is 1. The second kappa shape index (κ2) is 6.43. The molecule has 4 nitrogen and oxygen atoms in total. The lowest BCUT2D eigenvalue weighted by Crippen LogP contribution is -2.11. The molecule has 20 heavy (non-hydrogen) atoms. The Kier molecular flexibility index (Phi) is 4.63. The van der Waals surface area contributed by atoms with Gasteiger partial charge in [-0.25, -0.2) is 0 Å². The molecule has 0 radical (unpaired) electrons. The third-order valence-corrected chi connectivity index (χ3v) is 3.28. The minimum Gasteiger partial charge on any atom is -0.493 e. The van der Waals surface area contributed by atoms with Crippen LogP contribution in [-0.4, -0.2) is 20.1 Å². The van der Waals surface area contributed by atoms with Crippen molar-refractivity contribution >= 4 is 27.5 Å². The SMILES string of the molecule is COc1ccc(NC(=O)c2ccc(Br)cc2)cc1OC. The summed E-state index contributed by atoms with van der Waals surface area (Å²) in [5, 5.41) is 2.81. The number of carbonyl (C=O) groups excluding carboxylic acids is 1. The van der Waals surface area contributed by atoms with Crippen LogP contribution in [0, 0.1) is 0 Å². The number of hydrogen-bond donors (Lipinski definition) is 1. The van der Waals surface area contributed by atoms with Gasteiger partial charge in [0.05, 0.1) is 14.2 Å². The lowest BCUT2D eigenvalue weighted by atomic mass is 10.2. The fraction of sp³-hybridized carbons (Fsp3) is 0.133. The average Bonchev–Trinajstić information content (AvgIpc) is 2.47. The zero-order chi connectivity index (χ0) is 14.5. The molecule has 0 saturated carbocycles. The third-order valence-electron chi connectivity index (χ3n) is 2.75. The van der Waals surface area contributed by atoms with Crippen LogP contribution in [0.4, 0.5) is 5.69 Å². The minimum absolute atomic E-state index is 0.176. The van der Waals surface area contributed by atoms with Gasteiger partial charge in [-0.15, -0.1) is 0 Å². The van der Waals surface area contributed by atoms with Gasteiger partial charge < -0.3 is 14.8 Å². The highest BCUT2D eigenvalue weighted by Crippen LogP contribution is 2.29. The number of methoxy groups -OCH3 is 2. The number of ether oxygens (including phenoxy) is 2. The van der Waals surface area contributed by atoms with Crippen molar-refractivity contribution in [2.75, 3.05) is 19.5 Å². The van der Waals surface area contributed by atoms with E-state index in [9.17, 15) is 4.79 Å². The molecule has 0 saturated heterocycles. The van der Waals surface area contributed by atoms with E-state index in [0.717, 1.165) is 4.47 Å². The number of benzene rings is 2. The highest BCUT2D eigenvalue weighted by molar-refractivity contribution is 9.10. The van der Waals surface area contributed by atoms with E-state index in [-0.39, 0.29) is 5.91 Å². The Morgan fingerprint density at radius 2 is 1.65 bits per heavy atom. The zero-order valence-electron chi connectivity index (χ0n) is 11.1. The topological polar surface area (TPSA) is 47.6 Å². The van der Waals surface area contributed by atoms with Crippen molar-refractivity contribution in [3.05, 3.63) is 52.5 Å². The Morgan fingerprint density at radius 1 is 1.00 bits per heavy atom. The highest BCUT2D eigenvalue weighted by Gasteiger charge is 2.09. The van der Waals surface area contributed by atoms with Crippen LogP contribution in [-0.2, 0) is 0 Å². The molecule has 0 spiro atoms. The Labute approximate surface area is 125 Å². The van der Waals surface area contributed by atoms with Crippen molar-refractivity contribution in [2.45, 2.75) is 0 Å². The summed E-state index contributed by atoms with van der Waals surface area (Å²) in [6.07, 6.45) is 0. The van der Waals surface area contributed by atoms with E-state index in [0.29, 0.717) is 22.7 Å². The Hall–Kier alpha value is -2.01. The number of anilines is 1. The number of nitrogens with one attached hydrogen (secondary N) is 1. The lowest BCUT2D eigenvalue weighted by molar-refractivity contribution is 0.102. The summed E-state index contributed by atoms with van der Waals surface area (Å²) >= 11 is 3.33. The normalized spacial score (nSPS) is 9.95. The van der Waals surface area contributed by atoms with Gasteiger partial charge in [0.1, 0.15) is 0 Å². The van der Waals surface area contributed by atoms with Crippen LogP contribution < -0.4 is 14.8 Å². The van der Waals surface area contributed by atoms with E-state index in [1.807, 2.05) is 12.1 Å². The summed E-state index contributed by atoms with van der Waals surface area (Å²) in [5.41, 5.74) is 1.23. The molecule has 1 N–H and O–H groups in total. The first-order chi connectivity index (χ1) is 9.63. The standard InChI is InChI=1S/C15H14BrNO3/c1-19-13-8-7-12(9-14(13)20-2)17-15(18)10-3-5-11(16)6-4-10/h3-9H,1-2H3,(H,17,18). The van der Waals surface area contributed by atoms with Crippen molar-refractivity contribution in [1.82, 2.24) is 0 Å². The van der Waals surface area contributed by atoms with Crippen LogP contribution in [0.2, 0.25) is 0 Å². The smallest absolute Gasteiger partial charge is 0.255 e. The highest BCUT2D eigenvalue weighted by atomic mass is 79.9. The van der Waals surface area contributed by atoms with Gasteiger partial charge in [-0.3, -0.25) is 4.79 Å². The summed E-state index contributed by atoms with van der Waals surface area (Å²) < 4.78 is 11.3. The first-order valence-corrected chi connectivity index (χ1v) is 6.72. The maximum Gasteiger partial charge on any atom is 0.255 e. The molecule has 1 amide bonds. The van der Waals surface area contributed by atoms with Gasteiger partial charge in [0, 0.05) is 21.8 Å². The van der Waals surface area contributed by atoms with Gasteiger partial charge in [-0.2, -0.15) is 0 Å². The first-order valence-electron chi connectivity index (χ1n) is 5.93. The van der Waals surface area contributed by atoms with Crippen molar-refractivity contribution < 1.29 is 14.3 Å². The predicted octanol–water partition coefficient (Wildman–Crippen LogP) is 3.72. The summed E-state index contributed by atoms with van der Waals surface area (Å²) in [4.78, 5) is 12.1. The molecule has 0 fully saturated rings.